The van der Waals surface area contributed by atoms with Gasteiger partial charge in [0.15, 0.2) is 0 Å². The number of nitrogens with zero attached hydrogens (tertiary/aromatic N) is 2. The van der Waals surface area contributed by atoms with Gasteiger partial charge in [-0.3, -0.25) is 4.98 Å². The highest BCUT2D eigenvalue weighted by Gasteiger charge is 2.10. The van der Waals surface area contributed by atoms with Gasteiger partial charge in [-0.05, 0) is 25.6 Å². The van der Waals surface area contributed by atoms with Gasteiger partial charge in [0, 0.05) is 29.7 Å². The Morgan fingerprint density at radius 2 is 2.22 bits per heavy atom. The summed E-state index contributed by atoms with van der Waals surface area (Å²) in [4.78, 5) is 10.5. The lowest BCUT2D eigenvalue weighted by atomic mass is 10.2. The summed E-state index contributed by atoms with van der Waals surface area (Å²) in [6, 6.07) is 6.02. The molecule has 96 valence electrons. The molecule has 0 unspecified atom stereocenters. The Morgan fingerprint density at radius 1 is 1.33 bits per heavy atom. The van der Waals surface area contributed by atoms with Crippen molar-refractivity contribution in [3.05, 3.63) is 45.7 Å². The van der Waals surface area contributed by atoms with Gasteiger partial charge in [-0.2, -0.15) is 0 Å². The Hall–Kier alpha value is -1.26. The van der Waals surface area contributed by atoms with Gasteiger partial charge in [0.05, 0.1) is 10.7 Å². The lowest BCUT2D eigenvalue weighted by molar-refractivity contribution is 0.796. The topological polar surface area (TPSA) is 37.8 Å². The molecule has 0 saturated heterocycles. The molecule has 0 aliphatic carbocycles. The van der Waals surface area contributed by atoms with Gasteiger partial charge in [0.2, 0.25) is 0 Å². The number of rotatable bonds is 6. The molecule has 2 rings (SSSR count). The third-order valence-corrected chi connectivity index (χ3v) is 3.80. The van der Waals surface area contributed by atoms with Crippen LogP contribution in [0.4, 0.5) is 0 Å². The quantitative estimate of drug-likeness (QED) is 0.869. The Bertz CT molecular complexity index is 456. The summed E-state index contributed by atoms with van der Waals surface area (Å²) in [5, 5.41) is 4.38. The average Bonchev–Trinajstić information content (AvgIpc) is 2.74. The van der Waals surface area contributed by atoms with Crippen molar-refractivity contribution in [2.45, 2.75) is 32.7 Å². The minimum Gasteiger partial charge on any atom is -0.315 e. The van der Waals surface area contributed by atoms with Crippen LogP contribution in [0.1, 0.15) is 34.6 Å². The number of aryl methyl sites for hydroxylation is 1. The first kappa shape index (κ1) is 13.2. The Labute approximate surface area is 112 Å². The summed E-state index contributed by atoms with van der Waals surface area (Å²) in [5.41, 5.74) is 2.34. The van der Waals surface area contributed by atoms with Crippen molar-refractivity contribution in [2.24, 2.45) is 0 Å². The van der Waals surface area contributed by atoms with Crippen molar-refractivity contribution in [2.75, 3.05) is 7.05 Å². The first-order chi connectivity index (χ1) is 8.83. The average molecular weight is 261 g/mol. The van der Waals surface area contributed by atoms with Crippen molar-refractivity contribution in [1.29, 1.82) is 0 Å². The maximum Gasteiger partial charge on any atom is 0.0991 e. The molecule has 0 bridgehead atoms. The van der Waals surface area contributed by atoms with Gasteiger partial charge < -0.3 is 5.32 Å². The van der Waals surface area contributed by atoms with E-state index in [4.69, 9.17) is 4.98 Å². The second-order valence-corrected chi connectivity index (χ2v) is 5.42. The number of nitrogens with one attached hydrogen (secondary N) is 1. The Kier molecular flexibility index (Phi) is 4.84. The first-order valence-corrected chi connectivity index (χ1v) is 7.17. The highest BCUT2D eigenvalue weighted by atomic mass is 32.1. The maximum absolute atomic E-state index is 4.75. The third-order valence-electron chi connectivity index (χ3n) is 2.71. The normalized spacial score (nSPS) is 10.8. The smallest absolute Gasteiger partial charge is 0.0991 e. The number of pyridine rings is 1. The van der Waals surface area contributed by atoms with E-state index in [-0.39, 0.29) is 0 Å². The molecule has 0 radical (unpaired) electrons. The predicted molar refractivity (Wildman–Crippen MR) is 75.9 cm³/mol. The molecular formula is C14H19N3S. The van der Waals surface area contributed by atoms with E-state index in [2.05, 4.69) is 23.3 Å². The van der Waals surface area contributed by atoms with Crippen molar-refractivity contribution in [1.82, 2.24) is 15.3 Å². The lowest BCUT2D eigenvalue weighted by Crippen LogP contribution is -2.05. The Morgan fingerprint density at radius 3 is 2.89 bits per heavy atom. The van der Waals surface area contributed by atoms with E-state index in [1.165, 1.54) is 15.6 Å². The molecule has 0 spiro atoms. The van der Waals surface area contributed by atoms with E-state index in [0.29, 0.717) is 0 Å². The molecule has 18 heavy (non-hydrogen) atoms. The van der Waals surface area contributed by atoms with Crippen LogP contribution in [-0.4, -0.2) is 17.0 Å². The highest BCUT2D eigenvalue weighted by molar-refractivity contribution is 7.11. The highest BCUT2D eigenvalue weighted by Crippen LogP contribution is 2.21. The fourth-order valence-corrected chi connectivity index (χ4v) is 3.04. The van der Waals surface area contributed by atoms with E-state index >= 15 is 0 Å². The molecule has 2 aromatic rings. The molecule has 0 amide bonds. The summed E-state index contributed by atoms with van der Waals surface area (Å²) in [5.74, 6) is 0. The van der Waals surface area contributed by atoms with E-state index in [9.17, 15) is 0 Å². The van der Waals surface area contributed by atoms with Crippen LogP contribution in [0.3, 0.4) is 0 Å². The van der Waals surface area contributed by atoms with E-state index in [0.717, 1.165) is 31.5 Å². The summed E-state index contributed by atoms with van der Waals surface area (Å²) in [6.45, 7) is 3.11. The van der Waals surface area contributed by atoms with Crippen LogP contribution in [-0.2, 0) is 19.4 Å². The van der Waals surface area contributed by atoms with Crippen LogP contribution >= 0.6 is 11.3 Å². The number of aromatic nitrogens is 2. The maximum atomic E-state index is 4.75. The minimum atomic E-state index is 0.839. The van der Waals surface area contributed by atoms with Crippen molar-refractivity contribution >= 4 is 11.3 Å². The van der Waals surface area contributed by atoms with Crippen LogP contribution in [0.15, 0.2) is 24.4 Å². The molecule has 1 N–H and O–H groups in total. The van der Waals surface area contributed by atoms with Crippen LogP contribution in [0, 0.1) is 0 Å². The van der Waals surface area contributed by atoms with E-state index < -0.39 is 0 Å². The van der Waals surface area contributed by atoms with Gasteiger partial charge in [-0.1, -0.05) is 19.4 Å². The van der Waals surface area contributed by atoms with Crippen molar-refractivity contribution < 1.29 is 0 Å². The molecule has 2 heterocycles. The molecule has 0 aliphatic rings. The predicted octanol–water partition coefficient (Wildman–Crippen LogP) is 2.80. The second-order valence-electron chi connectivity index (χ2n) is 4.26. The molecule has 0 atom stereocenters. The molecule has 0 fully saturated rings. The molecule has 3 nitrogen and oxygen atoms in total. The first-order valence-electron chi connectivity index (χ1n) is 6.35. The summed E-state index contributed by atoms with van der Waals surface area (Å²) < 4.78 is 0. The van der Waals surface area contributed by atoms with Crippen molar-refractivity contribution in [3.63, 3.8) is 0 Å². The van der Waals surface area contributed by atoms with Gasteiger partial charge in [0.25, 0.3) is 0 Å². The van der Waals surface area contributed by atoms with Crippen LogP contribution in [0.5, 0.6) is 0 Å². The summed E-state index contributed by atoms with van der Waals surface area (Å²) in [6.07, 6.45) is 4.88. The van der Waals surface area contributed by atoms with E-state index in [1.54, 1.807) is 11.3 Å². The minimum absolute atomic E-state index is 0.839. The van der Waals surface area contributed by atoms with Crippen LogP contribution in [0.2, 0.25) is 0 Å². The van der Waals surface area contributed by atoms with Gasteiger partial charge in [-0.15, -0.1) is 11.3 Å². The van der Waals surface area contributed by atoms with Gasteiger partial charge in [0.1, 0.15) is 0 Å². The molecule has 4 heteroatoms. The molecule has 0 saturated carbocycles. The molecule has 0 aromatic carbocycles. The van der Waals surface area contributed by atoms with Crippen molar-refractivity contribution in [3.8, 4) is 0 Å². The standard InChI is InChI=1S/C14H19N3S/c1-3-6-12-13(10-15-2)18-14(17-12)9-11-7-4-5-8-16-11/h4-5,7-8,15H,3,6,9-10H2,1-2H3. The number of hydrogen-bond donors (Lipinski definition) is 1. The Balaban J connectivity index is 2.15. The second kappa shape index (κ2) is 6.61. The monoisotopic (exact) mass is 261 g/mol. The zero-order valence-corrected chi connectivity index (χ0v) is 11.8. The molecule has 0 aliphatic heterocycles. The largest absolute Gasteiger partial charge is 0.315 e. The van der Waals surface area contributed by atoms with Gasteiger partial charge >= 0.3 is 0 Å². The lowest BCUT2D eigenvalue weighted by Gasteiger charge is -1.98. The SMILES string of the molecule is CCCc1nc(Cc2ccccn2)sc1CNC. The van der Waals surface area contributed by atoms with Crippen LogP contribution in [0.25, 0.3) is 0 Å². The molecular weight excluding hydrogens is 242 g/mol. The fourth-order valence-electron chi connectivity index (χ4n) is 1.90. The molecule has 2 aromatic heterocycles. The number of hydrogen-bond acceptors (Lipinski definition) is 4. The van der Waals surface area contributed by atoms with Crippen LogP contribution < -0.4 is 5.32 Å². The summed E-state index contributed by atoms with van der Waals surface area (Å²) >= 11 is 1.81. The fraction of sp³-hybridized carbons (Fsp3) is 0.429. The zero-order valence-electron chi connectivity index (χ0n) is 10.9. The van der Waals surface area contributed by atoms with Gasteiger partial charge in [-0.25, -0.2) is 4.98 Å². The third kappa shape index (κ3) is 3.37. The van der Waals surface area contributed by atoms with E-state index in [1.807, 2.05) is 25.4 Å². The number of thiazole rings is 1. The zero-order chi connectivity index (χ0) is 12.8. The summed E-state index contributed by atoms with van der Waals surface area (Å²) in [7, 11) is 1.98.